The monoisotopic (exact) mass is 664 g/mol. The molecule has 2 heterocycles. The van der Waals surface area contributed by atoms with Crippen LogP contribution in [0.1, 0.15) is 43.4 Å². The van der Waals surface area contributed by atoms with Crippen LogP contribution in [0, 0.1) is 6.92 Å². The minimum Gasteiger partial charge on any atom is -0.406 e. The van der Waals surface area contributed by atoms with E-state index in [-0.39, 0.29) is 28.7 Å². The van der Waals surface area contributed by atoms with Crippen LogP contribution in [0.5, 0.6) is 5.75 Å². The molecule has 46 heavy (non-hydrogen) atoms. The molecule has 1 aliphatic heterocycles. The quantitative estimate of drug-likeness (QED) is 0.194. The summed E-state index contributed by atoms with van der Waals surface area (Å²) >= 11 is 6.92. The van der Waals surface area contributed by atoms with Crippen molar-refractivity contribution in [2.75, 3.05) is 10.7 Å². The summed E-state index contributed by atoms with van der Waals surface area (Å²) in [6.07, 6.45) is 0.624. The predicted octanol–water partition coefficient (Wildman–Crippen LogP) is 7.68. The lowest BCUT2D eigenvalue weighted by Crippen LogP contribution is -2.34. The van der Waals surface area contributed by atoms with E-state index in [9.17, 15) is 18.0 Å². The Kier molecular flexibility index (Phi) is 9.92. The van der Waals surface area contributed by atoms with E-state index in [1.54, 1.807) is 4.90 Å². The Hall–Kier alpha value is -4.49. The molecule has 4 aromatic rings. The summed E-state index contributed by atoms with van der Waals surface area (Å²) < 4.78 is 42.8. The maximum absolute atomic E-state index is 12.9. The van der Waals surface area contributed by atoms with Gasteiger partial charge in [-0.25, -0.2) is 9.67 Å². The zero-order chi connectivity index (χ0) is 33.0. The Bertz CT molecular complexity index is 1800. The molecular formula is C33H31F3N6O2S2. The topological polar surface area (TPSA) is 84.6 Å². The normalized spacial score (nSPS) is 15.3. The van der Waals surface area contributed by atoms with Gasteiger partial charge in [0.15, 0.2) is 16.1 Å². The second kappa shape index (κ2) is 13.9. The van der Waals surface area contributed by atoms with Gasteiger partial charge in [-0.15, -0.1) is 18.3 Å². The summed E-state index contributed by atoms with van der Waals surface area (Å²) in [5.74, 6) is 0.647. The molecule has 0 saturated carbocycles. The van der Waals surface area contributed by atoms with Crippen LogP contribution in [0.25, 0.3) is 23.2 Å². The number of rotatable bonds is 8. The van der Waals surface area contributed by atoms with E-state index in [0.717, 1.165) is 27.9 Å². The van der Waals surface area contributed by atoms with Crippen LogP contribution in [0.2, 0.25) is 0 Å². The molecule has 1 aliphatic rings. The summed E-state index contributed by atoms with van der Waals surface area (Å²) in [6, 6.07) is 18.9. The number of nitrogens with zero attached hydrogens (tertiary/aromatic N) is 5. The Morgan fingerprint density at radius 1 is 1.11 bits per heavy atom. The van der Waals surface area contributed by atoms with Gasteiger partial charge in [0.25, 0.3) is 0 Å². The number of benzene rings is 3. The number of thiocarbonyl (C=S) groups is 1. The molecule has 0 radical (unpaired) electrons. The van der Waals surface area contributed by atoms with E-state index < -0.39 is 6.36 Å². The smallest absolute Gasteiger partial charge is 0.406 e. The molecule has 238 valence electrons. The number of anilines is 1. The molecule has 0 aliphatic carbocycles. The average molecular weight is 665 g/mol. The number of amides is 1. The second-order valence-corrected chi connectivity index (χ2v) is 12.2. The number of nitrogens with one attached hydrogen (secondary N) is 1. The van der Waals surface area contributed by atoms with E-state index >= 15 is 0 Å². The van der Waals surface area contributed by atoms with Gasteiger partial charge in [0.2, 0.25) is 5.91 Å². The second-order valence-electron chi connectivity index (χ2n) is 10.9. The number of halogens is 3. The van der Waals surface area contributed by atoms with Gasteiger partial charge < -0.3 is 10.1 Å². The van der Waals surface area contributed by atoms with E-state index in [4.69, 9.17) is 12.2 Å². The first kappa shape index (κ1) is 32.9. The Morgan fingerprint density at radius 2 is 1.87 bits per heavy atom. The van der Waals surface area contributed by atoms with Gasteiger partial charge in [0.1, 0.15) is 12.1 Å². The fourth-order valence-corrected chi connectivity index (χ4v) is 5.93. The van der Waals surface area contributed by atoms with Crippen LogP contribution in [0.3, 0.4) is 0 Å². The van der Waals surface area contributed by atoms with Gasteiger partial charge in [-0.1, -0.05) is 68.1 Å². The number of ether oxygens (including phenoxy) is 1. The SMILES string of the molecule is Cc1ccc(C(C)C)c(N2C(=O)CSC2=NC(=S)NC(C)/C=C/c2cccc(-c3ncn(-c4ccc(OC(F)(F)F)cc4)n3)c2)c1. The van der Waals surface area contributed by atoms with Crippen molar-refractivity contribution in [1.29, 1.82) is 0 Å². The number of alkyl halides is 3. The molecule has 0 bridgehead atoms. The summed E-state index contributed by atoms with van der Waals surface area (Å²) in [6.45, 7) is 8.14. The maximum atomic E-state index is 12.9. The van der Waals surface area contributed by atoms with Crippen molar-refractivity contribution in [3.05, 3.63) is 95.8 Å². The molecular weight excluding hydrogens is 634 g/mol. The lowest BCUT2D eigenvalue weighted by Gasteiger charge is -2.22. The third-order valence-corrected chi connectivity index (χ3v) is 8.04. The lowest BCUT2D eigenvalue weighted by molar-refractivity contribution is -0.274. The van der Waals surface area contributed by atoms with Crippen molar-refractivity contribution >= 4 is 51.9 Å². The van der Waals surface area contributed by atoms with Crippen LogP contribution < -0.4 is 15.0 Å². The molecule has 5 rings (SSSR count). The largest absolute Gasteiger partial charge is 0.573 e. The van der Waals surface area contributed by atoms with E-state index in [0.29, 0.717) is 22.4 Å². The molecule has 8 nitrogen and oxygen atoms in total. The highest BCUT2D eigenvalue weighted by atomic mass is 32.2. The van der Waals surface area contributed by atoms with Gasteiger partial charge in [-0.05, 0) is 85.1 Å². The zero-order valence-electron chi connectivity index (χ0n) is 25.4. The lowest BCUT2D eigenvalue weighted by atomic mass is 9.99. The summed E-state index contributed by atoms with van der Waals surface area (Å²) in [5.41, 5.74) is 5.17. The molecule has 1 N–H and O–H groups in total. The Balaban J connectivity index is 1.24. The first-order valence-electron chi connectivity index (χ1n) is 14.4. The van der Waals surface area contributed by atoms with E-state index in [1.165, 1.54) is 47.0 Å². The average Bonchev–Trinajstić information content (AvgIpc) is 3.62. The van der Waals surface area contributed by atoms with Gasteiger partial charge in [0.05, 0.1) is 17.1 Å². The van der Waals surface area contributed by atoms with Crippen LogP contribution in [0.15, 0.2) is 84.1 Å². The van der Waals surface area contributed by atoms with Crippen LogP contribution >= 0.6 is 24.0 Å². The first-order chi connectivity index (χ1) is 21.9. The number of hydrogen-bond acceptors (Lipinski definition) is 6. The summed E-state index contributed by atoms with van der Waals surface area (Å²) in [4.78, 5) is 23.5. The number of carbonyl (C=O) groups is 1. The molecule has 1 atom stereocenters. The summed E-state index contributed by atoms with van der Waals surface area (Å²) in [5, 5.41) is 8.51. The molecule has 1 aromatic heterocycles. The van der Waals surface area contributed by atoms with Crippen molar-refractivity contribution in [2.45, 2.75) is 46.0 Å². The number of thioether (sulfide) groups is 1. The third-order valence-electron chi connectivity index (χ3n) is 6.91. The van der Waals surface area contributed by atoms with Gasteiger partial charge in [0, 0.05) is 11.6 Å². The maximum Gasteiger partial charge on any atom is 0.573 e. The predicted molar refractivity (Wildman–Crippen MR) is 180 cm³/mol. The van der Waals surface area contributed by atoms with Crippen LogP contribution in [-0.4, -0.2) is 49.1 Å². The standard InChI is InChI=1S/C33H31F3N6O2S2/c1-20(2)27-15-8-21(3)16-28(27)42-29(43)18-46-32(42)39-31(45)38-22(4)9-10-23-6-5-7-24(17-23)30-37-19-41(40-30)25-11-13-26(14-12-25)44-33(34,35)36/h5-17,19-20,22H,18H2,1-4H3,(H,38,45)/b10-9+,39-32?. The number of aliphatic imine (C=N–C) groups is 1. The molecule has 1 saturated heterocycles. The molecule has 1 amide bonds. The molecule has 0 spiro atoms. The highest BCUT2D eigenvalue weighted by Crippen LogP contribution is 2.34. The van der Waals surface area contributed by atoms with Crippen molar-refractivity contribution < 1.29 is 22.7 Å². The zero-order valence-corrected chi connectivity index (χ0v) is 27.1. The van der Waals surface area contributed by atoms with Gasteiger partial charge in [-0.2, -0.15) is 4.99 Å². The van der Waals surface area contributed by atoms with E-state index in [2.05, 4.69) is 45.0 Å². The van der Waals surface area contributed by atoms with Crippen molar-refractivity contribution in [3.8, 4) is 22.8 Å². The molecule has 1 fully saturated rings. The Labute approximate surface area is 274 Å². The van der Waals surface area contributed by atoms with Crippen molar-refractivity contribution in [1.82, 2.24) is 20.1 Å². The number of aromatic nitrogens is 3. The third kappa shape index (κ3) is 8.20. The number of aryl methyl sites for hydroxylation is 1. The fourth-order valence-electron chi connectivity index (χ4n) is 4.74. The summed E-state index contributed by atoms with van der Waals surface area (Å²) in [7, 11) is 0. The Morgan fingerprint density at radius 3 is 2.59 bits per heavy atom. The minimum atomic E-state index is -4.76. The fraction of sp³-hybridized carbons (Fsp3) is 0.242. The minimum absolute atomic E-state index is 0.0281. The van der Waals surface area contributed by atoms with Gasteiger partial charge in [-0.3, -0.25) is 9.69 Å². The number of amidine groups is 1. The molecule has 1 unspecified atom stereocenters. The van der Waals surface area contributed by atoms with E-state index in [1.807, 2.05) is 62.4 Å². The number of hydrogen-bond donors (Lipinski definition) is 1. The van der Waals surface area contributed by atoms with Gasteiger partial charge >= 0.3 is 6.36 Å². The van der Waals surface area contributed by atoms with Crippen LogP contribution in [0.4, 0.5) is 18.9 Å². The van der Waals surface area contributed by atoms with Crippen molar-refractivity contribution in [2.24, 2.45) is 4.99 Å². The highest BCUT2D eigenvalue weighted by Gasteiger charge is 2.32. The molecule has 3 aromatic carbocycles. The number of carbonyl (C=O) groups excluding carboxylic acids is 1. The first-order valence-corrected chi connectivity index (χ1v) is 15.8. The van der Waals surface area contributed by atoms with Crippen LogP contribution in [-0.2, 0) is 4.79 Å². The molecule has 13 heteroatoms. The highest BCUT2D eigenvalue weighted by molar-refractivity contribution is 8.15. The van der Waals surface area contributed by atoms with Crippen molar-refractivity contribution in [3.63, 3.8) is 0 Å².